The predicted molar refractivity (Wildman–Crippen MR) is 67.5 cm³/mol. The Bertz CT molecular complexity index is 687. The van der Waals surface area contributed by atoms with Gasteiger partial charge in [0.1, 0.15) is 11.2 Å². The lowest BCUT2D eigenvalue weighted by atomic mass is 10.0. The molecule has 0 aromatic carbocycles. The van der Waals surface area contributed by atoms with Crippen LogP contribution in [-0.4, -0.2) is 30.6 Å². The van der Waals surface area contributed by atoms with Crippen molar-refractivity contribution in [3.05, 3.63) is 16.6 Å². The van der Waals surface area contributed by atoms with E-state index in [1.807, 2.05) is 0 Å². The Morgan fingerprint density at radius 3 is 3.00 bits per heavy atom. The molecule has 1 aliphatic carbocycles. The topological polar surface area (TPSA) is 82.7 Å². The Morgan fingerprint density at radius 2 is 2.26 bits per heavy atom. The van der Waals surface area contributed by atoms with Crippen LogP contribution in [0.15, 0.2) is 11.0 Å². The number of nitrogens with zero attached hydrogens (tertiary/aromatic N) is 5. The summed E-state index contributed by atoms with van der Waals surface area (Å²) in [6.07, 6.45) is 4.73. The van der Waals surface area contributed by atoms with Crippen molar-refractivity contribution in [1.29, 1.82) is 0 Å². The fourth-order valence-corrected chi connectivity index (χ4v) is 2.59. The van der Waals surface area contributed by atoms with E-state index in [4.69, 9.17) is 0 Å². The second-order valence-corrected chi connectivity index (χ2v) is 4.97. The van der Waals surface area contributed by atoms with Gasteiger partial charge in [0.2, 0.25) is 0 Å². The highest BCUT2D eigenvalue weighted by atomic mass is 16.1. The molecule has 2 aromatic heterocycles. The van der Waals surface area contributed by atoms with E-state index in [2.05, 4.69) is 15.4 Å². The molecule has 0 amide bonds. The number of hydrogen-bond donors (Lipinski definition) is 0. The van der Waals surface area contributed by atoms with Crippen LogP contribution < -0.4 is 5.56 Å². The second-order valence-electron chi connectivity index (χ2n) is 4.97. The second kappa shape index (κ2) is 4.56. The average molecular weight is 261 g/mol. The Hall–Kier alpha value is -2.05. The Labute approximate surface area is 109 Å². The molecule has 0 N–H and O–H groups in total. The lowest BCUT2D eigenvalue weighted by Gasteiger charge is -2.08. The SMILES string of the molecule is Cn1ncc2c(=O)n(CCC3CCCC3=O)nnc21. The van der Waals surface area contributed by atoms with Crippen molar-refractivity contribution in [2.45, 2.75) is 32.2 Å². The third kappa shape index (κ3) is 2.05. The van der Waals surface area contributed by atoms with E-state index >= 15 is 0 Å². The van der Waals surface area contributed by atoms with Gasteiger partial charge in [0.15, 0.2) is 5.65 Å². The molecule has 1 atom stereocenters. The summed E-state index contributed by atoms with van der Waals surface area (Å²) < 4.78 is 2.85. The summed E-state index contributed by atoms with van der Waals surface area (Å²) in [5.74, 6) is 0.391. The maximum Gasteiger partial charge on any atom is 0.280 e. The maximum absolute atomic E-state index is 12.2. The predicted octanol–water partition coefficient (Wildman–Crippen LogP) is 0.284. The first-order valence-electron chi connectivity index (χ1n) is 6.45. The molecule has 19 heavy (non-hydrogen) atoms. The normalized spacial score (nSPS) is 19.4. The van der Waals surface area contributed by atoms with Crippen molar-refractivity contribution in [2.24, 2.45) is 13.0 Å². The van der Waals surface area contributed by atoms with Crippen LogP contribution in [0.3, 0.4) is 0 Å². The van der Waals surface area contributed by atoms with Crippen LogP contribution in [0.2, 0.25) is 0 Å². The van der Waals surface area contributed by atoms with Gasteiger partial charge in [0.05, 0.1) is 6.20 Å². The quantitative estimate of drug-likeness (QED) is 0.792. The molecule has 2 heterocycles. The molecule has 0 aliphatic heterocycles. The summed E-state index contributed by atoms with van der Waals surface area (Å²) in [4.78, 5) is 23.7. The Kier molecular flexibility index (Phi) is 2.88. The van der Waals surface area contributed by atoms with Gasteiger partial charge >= 0.3 is 0 Å². The molecule has 1 saturated carbocycles. The van der Waals surface area contributed by atoms with E-state index in [0.29, 0.717) is 36.2 Å². The van der Waals surface area contributed by atoms with E-state index < -0.39 is 0 Å². The molecule has 3 rings (SSSR count). The molecular weight excluding hydrogens is 246 g/mol. The summed E-state index contributed by atoms with van der Waals surface area (Å²) in [5, 5.41) is 12.4. The van der Waals surface area contributed by atoms with Crippen LogP contribution >= 0.6 is 0 Å². The lowest BCUT2D eigenvalue weighted by Crippen LogP contribution is -2.25. The Morgan fingerprint density at radius 1 is 1.42 bits per heavy atom. The van der Waals surface area contributed by atoms with Gasteiger partial charge < -0.3 is 0 Å². The van der Waals surface area contributed by atoms with Crippen molar-refractivity contribution in [3.8, 4) is 0 Å². The lowest BCUT2D eigenvalue weighted by molar-refractivity contribution is -0.120. The smallest absolute Gasteiger partial charge is 0.280 e. The molecule has 0 bridgehead atoms. The number of aryl methyl sites for hydroxylation is 2. The molecular formula is C12H15N5O2. The zero-order valence-electron chi connectivity index (χ0n) is 10.7. The first-order valence-corrected chi connectivity index (χ1v) is 6.45. The van der Waals surface area contributed by atoms with Crippen LogP contribution in [0, 0.1) is 5.92 Å². The van der Waals surface area contributed by atoms with Gasteiger partial charge in [-0.15, -0.1) is 5.10 Å². The molecule has 100 valence electrons. The summed E-state index contributed by atoms with van der Waals surface area (Å²) in [6.45, 7) is 0.438. The van der Waals surface area contributed by atoms with Crippen LogP contribution in [0.1, 0.15) is 25.7 Å². The zero-order chi connectivity index (χ0) is 13.4. The molecule has 1 aliphatic rings. The number of ketones is 1. The summed E-state index contributed by atoms with van der Waals surface area (Å²) in [5.41, 5.74) is 0.293. The van der Waals surface area contributed by atoms with Crippen LogP contribution in [0.5, 0.6) is 0 Å². The van der Waals surface area contributed by atoms with Gasteiger partial charge in [-0.1, -0.05) is 5.21 Å². The maximum atomic E-state index is 12.2. The minimum absolute atomic E-state index is 0.0818. The molecule has 7 heteroatoms. The highest BCUT2D eigenvalue weighted by Crippen LogP contribution is 2.24. The number of hydrogen-bond acceptors (Lipinski definition) is 5. The van der Waals surface area contributed by atoms with E-state index in [9.17, 15) is 9.59 Å². The van der Waals surface area contributed by atoms with E-state index in [1.54, 1.807) is 7.05 Å². The fourth-order valence-electron chi connectivity index (χ4n) is 2.59. The average Bonchev–Trinajstić information content (AvgIpc) is 2.96. The number of Topliss-reactive ketones (excluding diaryl/α,β-unsaturated/α-hetero) is 1. The van der Waals surface area contributed by atoms with E-state index in [-0.39, 0.29) is 11.5 Å². The summed E-state index contributed by atoms with van der Waals surface area (Å²) in [7, 11) is 1.72. The molecule has 2 aromatic rings. The number of fused-ring (bicyclic) bond motifs is 1. The summed E-state index contributed by atoms with van der Waals surface area (Å²) >= 11 is 0. The van der Waals surface area contributed by atoms with Gasteiger partial charge in [-0.2, -0.15) is 5.10 Å². The number of rotatable bonds is 3. The number of aromatic nitrogens is 5. The number of carbonyl (C=O) groups is 1. The monoisotopic (exact) mass is 261 g/mol. The standard InChI is InChI=1S/C12H15N5O2/c1-16-11-9(7-13-16)12(19)17(15-14-11)6-5-8-3-2-4-10(8)18/h7-8H,2-6H2,1H3. The van der Waals surface area contributed by atoms with Crippen molar-refractivity contribution >= 4 is 16.8 Å². The van der Waals surface area contributed by atoms with Gasteiger partial charge in [-0.3, -0.25) is 9.59 Å². The largest absolute Gasteiger partial charge is 0.299 e. The van der Waals surface area contributed by atoms with E-state index in [1.165, 1.54) is 15.6 Å². The minimum Gasteiger partial charge on any atom is -0.299 e. The third-order valence-electron chi connectivity index (χ3n) is 3.74. The third-order valence-corrected chi connectivity index (χ3v) is 3.74. The Balaban J connectivity index is 1.83. The van der Waals surface area contributed by atoms with Crippen molar-refractivity contribution in [2.75, 3.05) is 0 Å². The van der Waals surface area contributed by atoms with Gasteiger partial charge in [-0.05, 0) is 19.3 Å². The van der Waals surface area contributed by atoms with Gasteiger partial charge in [0, 0.05) is 25.9 Å². The molecule has 1 fully saturated rings. The molecule has 1 unspecified atom stereocenters. The van der Waals surface area contributed by atoms with E-state index in [0.717, 1.165) is 12.8 Å². The summed E-state index contributed by atoms with van der Waals surface area (Å²) in [6, 6.07) is 0. The van der Waals surface area contributed by atoms with Crippen LogP contribution in [-0.2, 0) is 18.4 Å². The highest BCUT2D eigenvalue weighted by Gasteiger charge is 2.24. The molecule has 0 saturated heterocycles. The minimum atomic E-state index is -0.191. The highest BCUT2D eigenvalue weighted by molar-refractivity contribution is 5.82. The zero-order valence-corrected chi connectivity index (χ0v) is 10.7. The van der Waals surface area contributed by atoms with Crippen LogP contribution in [0.25, 0.3) is 11.0 Å². The van der Waals surface area contributed by atoms with Crippen LogP contribution in [0.4, 0.5) is 0 Å². The first kappa shape index (κ1) is 12.0. The van der Waals surface area contributed by atoms with Crippen molar-refractivity contribution in [3.63, 3.8) is 0 Å². The molecule has 7 nitrogen and oxygen atoms in total. The van der Waals surface area contributed by atoms with Gasteiger partial charge in [-0.25, -0.2) is 9.36 Å². The van der Waals surface area contributed by atoms with Crippen molar-refractivity contribution in [1.82, 2.24) is 24.8 Å². The molecule has 0 radical (unpaired) electrons. The fraction of sp³-hybridized carbons (Fsp3) is 0.583. The first-order chi connectivity index (χ1) is 9.16. The molecule has 0 spiro atoms. The van der Waals surface area contributed by atoms with Gasteiger partial charge in [0.25, 0.3) is 5.56 Å². The van der Waals surface area contributed by atoms with Crippen molar-refractivity contribution < 1.29 is 4.79 Å². The number of carbonyl (C=O) groups excluding carboxylic acids is 1.